The minimum absolute atomic E-state index is 0.0674. The lowest BCUT2D eigenvalue weighted by atomic mass is 9.88. The summed E-state index contributed by atoms with van der Waals surface area (Å²) in [5.74, 6) is 0.551. The zero-order valence-corrected chi connectivity index (χ0v) is 9.21. The highest BCUT2D eigenvalue weighted by atomic mass is 16.1. The maximum absolute atomic E-state index is 10.8. The summed E-state index contributed by atoms with van der Waals surface area (Å²) in [6.45, 7) is 6.08. The van der Waals surface area contributed by atoms with Gasteiger partial charge in [0, 0.05) is 11.9 Å². The van der Waals surface area contributed by atoms with E-state index in [2.05, 4.69) is 5.32 Å². The SMILES string of the molecule is CC(C)(C)C(C=O)N/C=C(\N)C1CC1. The highest BCUT2D eigenvalue weighted by molar-refractivity contribution is 5.59. The molecule has 0 aromatic carbocycles. The smallest absolute Gasteiger partial charge is 0.142 e. The van der Waals surface area contributed by atoms with Gasteiger partial charge in [0.2, 0.25) is 0 Å². The summed E-state index contributed by atoms with van der Waals surface area (Å²) in [4.78, 5) is 10.8. The first-order chi connectivity index (χ1) is 6.45. The van der Waals surface area contributed by atoms with E-state index in [9.17, 15) is 4.79 Å². The van der Waals surface area contributed by atoms with Gasteiger partial charge in [-0.05, 0) is 24.2 Å². The van der Waals surface area contributed by atoms with Crippen LogP contribution >= 0.6 is 0 Å². The Labute approximate surface area is 85.7 Å². The van der Waals surface area contributed by atoms with Crippen LogP contribution < -0.4 is 11.1 Å². The van der Waals surface area contributed by atoms with E-state index in [0.29, 0.717) is 5.92 Å². The fourth-order valence-corrected chi connectivity index (χ4v) is 1.21. The van der Waals surface area contributed by atoms with Gasteiger partial charge in [0.1, 0.15) is 6.29 Å². The van der Waals surface area contributed by atoms with Crippen molar-refractivity contribution in [2.45, 2.75) is 39.7 Å². The molecule has 0 amide bonds. The summed E-state index contributed by atoms with van der Waals surface area (Å²) in [6, 6.07) is -0.167. The third kappa shape index (κ3) is 3.05. The molecule has 1 saturated carbocycles. The summed E-state index contributed by atoms with van der Waals surface area (Å²) in [7, 11) is 0. The molecule has 0 aliphatic heterocycles. The van der Waals surface area contributed by atoms with Crippen LogP contribution in [0.1, 0.15) is 33.6 Å². The van der Waals surface area contributed by atoms with Crippen molar-refractivity contribution in [2.75, 3.05) is 0 Å². The minimum Gasteiger partial charge on any atom is -0.401 e. The molecule has 0 spiro atoms. The molecular formula is C11H20N2O. The monoisotopic (exact) mass is 196 g/mol. The summed E-state index contributed by atoms with van der Waals surface area (Å²) in [5.41, 5.74) is 6.62. The molecule has 1 atom stereocenters. The summed E-state index contributed by atoms with van der Waals surface area (Å²) in [6.07, 6.45) is 5.11. The standard InChI is InChI=1S/C11H20N2O/c1-11(2,3)10(7-14)13-6-9(12)8-4-5-8/h6-8,10,13H,4-5,12H2,1-3H3/b9-6-. The van der Waals surface area contributed by atoms with Gasteiger partial charge in [-0.2, -0.15) is 0 Å². The van der Waals surface area contributed by atoms with E-state index in [4.69, 9.17) is 5.73 Å². The van der Waals surface area contributed by atoms with Crippen molar-refractivity contribution in [1.29, 1.82) is 0 Å². The van der Waals surface area contributed by atoms with Gasteiger partial charge >= 0.3 is 0 Å². The molecule has 3 N–H and O–H groups in total. The van der Waals surface area contributed by atoms with Crippen LogP contribution in [-0.4, -0.2) is 12.3 Å². The third-order valence-corrected chi connectivity index (χ3v) is 2.55. The summed E-state index contributed by atoms with van der Waals surface area (Å²) >= 11 is 0. The lowest BCUT2D eigenvalue weighted by Crippen LogP contribution is -2.39. The molecule has 14 heavy (non-hydrogen) atoms. The van der Waals surface area contributed by atoms with E-state index in [1.165, 1.54) is 12.8 Å². The number of nitrogens with one attached hydrogen (secondary N) is 1. The van der Waals surface area contributed by atoms with Crippen molar-refractivity contribution in [1.82, 2.24) is 5.32 Å². The quantitative estimate of drug-likeness (QED) is 0.668. The van der Waals surface area contributed by atoms with Crippen LogP contribution in [0.25, 0.3) is 0 Å². The predicted octanol–water partition coefficient (Wildman–Crippen LogP) is 1.40. The zero-order chi connectivity index (χ0) is 10.8. The Morgan fingerprint density at radius 3 is 2.43 bits per heavy atom. The lowest BCUT2D eigenvalue weighted by Gasteiger charge is -2.26. The lowest BCUT2D eigenvalue weighted by molar-refractivity contribution is -0.111. The van der Waals surface area contributed by atoms with E-state index in [1.807, 2.05) is 20.8 Å². The molecule has 0 heterocycles. The Balaban J connectivity index is 2.48. The first-order valence-corrected chi connectivity index (χ1v) is 5.12. The van der Waals surface area contributed by atoms with Crippen LogP contribution in [0.15, 0.2) is 11.9 Å². The molecule has 1 aliphatic carbocycles. The highest BCUT2D eigenvalue weighted by Crippen LogP contribution is 2.33. The maximum Gasteiger partial charge on any atom is 0.142 e. The van der Waals surface area contributed by atoms with Crippen LogP contribution in [0.5, 0.6) is 0 Å². The topological polar surface area (TPSA) is 55.1 Å². The normalized spacial score (nSPS) is 20.4. The molecule has 1 rings (SSSR count). The molecule has 1 aliphatic rings. The van der Waals surface area contributed by atoms with E-state index >= 15 is 0 Å². The Bertz CT molecular complexity index is 236. The molecule has 1 fully saturated rings. The van der Waals surface area contributed by atoms with Gasteiger partial charge in [-0.25, -0.2) is 0 Å². The number of carbonyl (C=O) groups is 1. The van der Waals surface area contributed by atoms with Crippen molar-refractivity contribution in [3.63, 3.8) is 0 Å². The second-order valence-electron chi connectivity index (χ2n) is 5.07. The molecule has 3 nitrogen and oxygen atoms in total. The Morgan fingerprint density at radius 2 is 2.07 bits per heavy atom. The molecule has 3 heteroatoms. The highest BCUT2D eigenvalue weighted by Gasteiger charge is 2.26. The van der Waals surface area contributed by atoms with Crippen molar-refractivity contribution in [2.24, 2.45) is 17.1 Å². The van der Waals surface area contributed by atoms with Crippen LogP contribution in [-0.2, 0) is 4.79 Å². The molecule has 0 aromatic rings. The van der Waals surface area contributed by atoms with Crippen LogP contribution in [0.3, 0.4) is 0 Å². The van der Waals surface area contributed by atoms with Gasteiger partial charge in [-0.15, -0.1) is 0 Å². The number of aldehydes is 1. The zero-order valence-electron chi connectivity index (χ0n) is 9.21. The number of hydrogen-bond donors (Lipinski definition) is 2. The van der Waals surface area contributed by atoms with E-state index in [1.54, 1.807) is 6.20 Å². The van der Waals surface area contributed by atoms with Gasteiger partial charge in [-0.1, -0.05) is 20.8 Å². The van der Waals surface area contributed by atoms with Crippen LogP contribution in [0.2, 0.25) is 0 Å². The van der Waals surface area contributed by atoms with E-state index in [0.717, 1.165) is 12.0 Å². The van der Waals surface area contributed by atoms with Gasteiger partial charge in [0.05, 0.1) is 6.04 Å². The van der Waals surface area contributed by atoms with Crippen molar-refractivity contribution >= 4 is 6.29 Å². The average Bonchev–Trinajstić information content (AvgIpc) is 2.84. The number of hydrogen-bond acceptors (Lipinski definition) is 3. The fourth-order valence-electron chi connectivity index (χ4n) is 1.21. The van der Waals surface area contributed by atoms with Gasteiger partial charge in [0.15, 0.2) is 0 Å². The van der Waals surface area contributed by atoms with Crippen molar-refractivity contribution < 1.29 is 4.79 Å². The molecular weight excluding hydrogens is 176 g/mol. The predicted molar refractivity (Wildman–Crippen MR) is 57.4 cm³/mol. The van der Waals surface area contributed by atoms with Crippen LogP contribution in [0, 0.1) is 11.3 Å². The third-order valence-electron chi connectivity index (χ3n) is 2.55. The van der Waals surface area contributed by atoms with Crippen molar-refractivity contribution in [3.8, 4) is 0 Å². The maximum atomic E-state index is 10.8. The van der Waals surface area contributed by atoms with Crippen LogP contribution in [0.4, 0.5) is 0 Å². The molecule has 0 bridgehead atoms. The Hall–Kier alpha value is -0.990. The van der Waals surface area contributed by atoms with Gasteiger partial charge in [0.25, 0.3) is 0 Å². The first kappa shape index (κ1) is 11.1. The first-order valence-electron chi connectivity index (χ1n) is 5.12. The summed E-state index contributed by atoms with van der Waals surface area (Å²) < 4.78 is 0. The van der Waals surface area contributed by atoms with E-state index in [-0.39, 0.29) is 11.5 Å². The number of rotatable bonds is 4. The average molecular weight is 196 g/mol. The summed E-state index contributed by atoms with van der Waals surface area (Å²) in [5, 5.41) is 3.08. The van der Waals surface area contributed by atoms with Gasteiger partial charge < -0.3 is 15.8 Å². The second-order valence-corrected chi connectivity index (χ2v) is 5.07. The molecule has 0 aromatic heterocycles. The largest absolute Gasteiger partial charge is 0.401 e. The van der Waals surface area contributed by atoms with Gasteiger partial charge in [-0.3, -0.25) is 0 Å². The molecule has 0 radical (unpaired) electrons. The number of carbonyl (C=O) groups excluding carboxylic acids is 1. The second kappa shape index (κ2) is 4.03. The van der Waals surface area contributed by atoms with Crippen molar-refractivity contribution in [3.05, 3.63) is 11.9 Å². The Morgan fingerprint density at radius 1 is 1.50 bits per heavy atom. The number of allylic oxidation sites excluding steroid dienone is 1. The van der Waals surface area contributed by atoms with E-state index < -0.39 is 0 Å². The fraction of sp³-hybridized carbons (Fsp3) is 0.727. The number of nitrogens with two attached hydrogens (primary N) is 1. The molecule has 0 saturated heterocycles. The minimum atomic E-state index is -0.167. The molecule has 1 unspecified atom stereocenters. The molecule has 80 valence electrons. The Kier molecular flexibility index (Phi) is 3.19.